The minimum Gasteiger partial charge on any atom is -0.489 e. The van der Waals surface area contributed by atoms with Gasteiger partial charge in [-0.3, -0.25) is 4.72 Å². The number of sulfonamides is 1. The van der Waals surface area contributed by atoms with Crippen LogP contribution in [0, 0.1) is 11.3 Å². The second-order valence-corrected chi connectivity index (χ2v) is 10.8. The van der Waals surface area contributed by atoms with E-state index in [0.29, 0.717) is 30.7 Å². The van der Waals surface area contributed by atoms with E-state index in [1.807, 2.05) is 60.7 Å². The van der Waals surface area contributed by atoms with Gasteiger partial charge in [-0.05, 0) is 54.7 Å². The van der Waals surface area contributed by atoms with Crippen LogP contribution in [0.4, 0.5) is 5.69 Å². The fourth-order valence-corrected chi connectivity index (χ4v) is 5.74. The molecule has 1 aliphatic rings. The average molecular weight is 486 g/mol. The summed E-state index contributed by atoms with van der Waals surface area (Å²) < 4.78 is 35.4. The molecule has 0 saturated heterocycles. The predicted molar refractivity (Wildman–Crippen MR) is 139 cm³/mol. The third-order valence-corrected chi connectivity index (χ3v) is 8.09. The Bertz CT molecular complexity index is 1500. The van der Waals surface area contributed by atoms with Crippen molar-refractivity contribution in [1.82, 2.24) is 4.57 Å². The fraction of sp³-hybridized carbons (Fsp3) is 0.250. The maximum absolute atomic E-state index is 12.3. The quantitative estimate of drug-likeness (QED) is 0.312. The van der Waals surface area contributed by atoms with Crippen molar-refractivity contribution >= 4 is 26.6 Å². The largest absolute Gasteiger partial charge is 0.489 e. The lowest BCUT2D eigenvalue weighted by Crippen LogP contribution is -2.17. The van der Waals surface area contributed by atoms with E-state index in [2.05, 4.69) is 22.3 Å². The van der Waals surface area contributed by atoms with Crippen LogP contribution in [0.15, 0.2) is 72.8 Å². The SMILES string of the molecule is CCCn1c(-c2ccc(NS(=O)(=O)C3CC3)cc2)c(C#N)c2ccc(OCc3ccccc3)cc21. The number of benzene rings is 3. The lowest BCUT2D eigenvalue weighted by atomic mass is 10.1. The van der Waals surface area contributed by atoms with E-state index in [1.54, 1.807) is 12.1 Å². The number of nitriles is 1. The van der Waals surface area contributed by atoms with Crippen LogP contribution in [-0.2, 0) is 23.2 Å². The molecular formula is C28H27N3O3S. The molecule has 1 heterocycles. The van der Waals surface area contributed by atoms with E-state index < -0.39 is 10.0 Å². The predicted octanol–water partition coefficient (Wildman–Crippen LogP) is 6.07. The first-order valence-corrected chi connectivity index (χ1v) is 13.4. The molecule has 6 nitrogen and oxygen atoms in total. The summed E-state index contributed by atoms with van der Waals surface area (Å²) in [5.41, 5.74) is 4.88. The Balaban J connectivity index is 1.50. The lowest BCUT2D eigenvalue weighted by Gasteiger charge is -2.12. The van der Waals surface area contributed by atoms with E-state index in [-0.39, 0.29) is 5.25 Å². The minimum atomic E-state index is -3.32. The third-order valence-electron chi connectivity index (χ3n) is 6.23. The topological polar surface area (TPSA) is 84.1 Å². The Hall–Kier alpha value is -3.76. The highest BCUT2D eigenvalue weighted by Crippen LogP contribution is 2.36. The monoisotopic (exact) mass is 485 g/mol. The number of nitrogens with one attached hydrogen (secondary N) is 1. The van der Waals surface area contributed by atoms with E-state index in [4.69, 9.17) is 4.74 Å². The molecule has 0 amide bonds. The molecule has 1 N–H and O–H groups in total. The van der Waals surface area contributed by atoms with Gasteiger partial charge in [0.2, 0.25) is 10.0 Å². The fourth-order valence-electron chi connectivity index (χ4n) is 4.35. The Morgan fingerprint density at radius 3 is 2.46 bits per heavy atom. The van der Waals surface area contributed by atoms with Gasteiger partial charge >= 0.3 is 0 Å². The smallest absolute Gasteiger partial charge is 0.235 e. The summed E-state index contributed by atoms with van der Waals surface area (Å²) in [6.07, 6.45) is 2.33. The molecular weight excluding hydrogens is 458 g/mol. The van der Waals surface area contributed by atoms with E-state index >= 15 is 0 Å². The van der Waals surface area contributed by atoms with Gasteiger partial charge in [-0.2, -0.15) is 5.26 Å². The summed E-state index contributed by atoms with van der Waals surface area (Å²) in [7, 11) is -3.32. The number of hydrogen-bond acceptors (Lipinski definition) is 4. The van der Waals surface area contributed by atoms with Crippen LogP contribution in [0.1, 0.15) is 37.3 Å². The molecule has 1 aromatic heterocycles. The minimum absolute atomic E-state index is 0.280. The van der Waals surface area contributed by atoms with Gasteiger partial charge in [0, 0.05) is 23.7 Å². The molecule has 1 aliphatic carbocycles. The molecule has 0 unspecified atom stereocenters. The van der Waals surface area contributed by atoms with Crippen molar-refractivity contribution in [2.75, 3.05) is 4.72 Å². The number of aryl methyl sites for hydroxylation is 1. The molecule has 7 heteroatoms. The van der Waals surface area contributed by atoms with Crippen LogP contribution >= 0.6 is 0 Å². The van der Waals surface area contributed by atoms with E-state index in [0.717, 1.165) is 46.4 Å². The second-order valence-electron chi connectivity index (χ2n) is 8.86. The van der Waals surface area contributed by atoms with Crippen molar-refractivity contribution in [3.8, 4) is 23.1 Å². The number of fused-ring (bicyclic) bond motifs is 1. The Morgan fingerprint density at radius 1 is 1.06 bits per heavy atom. The Labute approximate surface area is 205 Å². The van der Waals surface area contributed by atoms with Crippen molar-refractivity contribution < 1.29 is 13.2 Å². The van der Waals surface area contributed by atoms with Crippen LogP contribution in [-0.4, -0.2) is 18.2 Å². The Morgan fingerprint density at radius 2 is 1.80 bits per heavy atom. The van der Waals surface area contributed by atoms with Crippen LogP contribution in [0.5, 0.6) is 5.75 Å². The van der Waals surface area contributed by atoms with Gasteiger partial charge in [0.05, 0.1) is 22.0 Å². The molecule has 5 rings (SSSR count). The number of nitrogens with zero attached hydrogens (tertiary/aromatic N) is 2. The highest BCUT2D eigenvalue weighted by Gasteiger charge is 2.35. The summed E-state index contributed by atoms with van der Waals surface area (Å²) in [5.74, 6) is 0.747. The van der Waals surface area contributed by atoms with Crippen molar-refractivity contribution in [2.45, 2.75) is 44.6 Å². The number of hydrogen-bond donors (Lipinski definition) is 1. The average Bonchev–Trinajstić information content (AvgIpc) is 3.69. The maximum atomic E-state index is 12.3. The van der Waals surface area contributed by atoms with Crippen LogP contribution in [0.2, 0.25) is 0 Å². The zero-order valence-electron chi connectivity index (χ0n) is 19.6. The van der Waals surface area contributed by atoms with Gasteiger partial charge in [0.15, 0.2) is 0 Å². The van der Waals surface area contributed by atoms with Gasteiger partial charge < -0.3 is 9.30 Å². The zero-order valence-corrected chi connectivity index (χ0v) is 20.4. The van der Waals surface area contributed by atoms with Crippen LogP contribution in [0.3, 0.4) is 0 Å². The summed E-state index contributed by atoms with van der Waals surface area (Å²) in [6.45, 7) is 3.32. The van der Waals surface area contributed by atoms with Crippen LogP contribution in [0.25, 0.3) is 22.2 Å². The van der Waals surface area contributed by atoms with Crippen molar-refractivity contribution in [3.05, 3.63) is 83.9 Å². The number of anilines is 1. The van der Waals surface area contributed by atoms with Gasteiger partial charge in [-0.1, -0.05) is 49.4 Å². The van der Waals surface area contributed by atoms with Crippen LogP contribution < -0.4 is 9.46 Å². The van der Waals surface area contributed by atoms with E-state index in [9.17, 15) is 13.7 Å². The molecule has 4 aromatic rings. The van der Waals surface area contributed by atoms with Gasteiger partial charge in [-0.25, -0.2) is 8.42 Å². The number of ether oxygens (including phenoxy) is 1. The third kappa shape index (κ3) is 4.75. The summed E-state index contributed by atoms with van der Waals surface area (Å²) >= 11 is 0. The van der Waals surface area contributed by atoms with Crippen molar-refractivity contribution in [1.29, 1.82) is 5.26 Å². The molecule has 0 radical (unpaired) electrons. The van der Waals surface area contributed by atoms with Gasteiger partial charge in [-0.15, -0.1) is 0 Å². The Kier molecular flexibility index (Phi) is 6.23. The molecule has 0 bridgehead atoms. The molecule has 3 aromatic carbocycles. The molecule has 0 spiro atoms. The summed E-state index contributed by atoms with van der Waals surface area (Å²) in [6, 6.07) is 25.5. The lowest BCUT2D eigenvalue weighted by molar-refractivity contribution is 0.306. The molecule has 35 heavy (non-hydrogen) atoms. The standard InChI is InChI=1S/C28H27N3O3S/c1-2-16-31-27-17-23(34-19-20-6-4-3-5-7-20)12-15-25(27)26(18-29)28(31)21-8-10-22(11-9-21)30-35(32,33)24-13-14-24/h3-12,15,17,24,30H,2,13-14,16,19H2,1H3. The van der Waals surface area contributed by atoms with Crippen molar-refractivity contribution in [3.63, 3.8) is 0 Å². The maximum Gasteiger partial charge on any atom is 0.235 e. The molecule has 0 atom stereocenters. The first kappa shape index (κ1) is 23.0. The molecule has 1 saturated carbocycles. The summed E-state index contributed by atoms with van der Waals surface area (Å²) in [5, 5.41) is 10.7. The molecule has 1 fully saturated rings. The van der Waals surface area contributed by atoms with Gasteiger partial charge in [0.1, 0.15) is 18.4 Å². The molecule has 0 aliphatic heterocycles. The first-order chi connectivity index (χ1) is 17.0. The first-order valence-electron chi connectivity index (χ1n) is 11.9. The molecule has 178 valence electrons. The van der Waals surface area contributed by atoms with Gasteiger partial charge in [0.25, 0.3) is 0 Å². The van der Waals surface area contributed by atoms with Crippen molar-refractivity contribution in [2.24, 2.45) is 0 Å². The summed E-state index contributed by atoms with van der Waals surface area (Å²) in [4.78, 5) is 0. The second kappa shape index (κ2) is 9.47. The highest BCUT2D eigenvalue weighted by atomic mass is 32.2. The normalized spacial score (nSPS) is 13.5. The highest BCUT2D eigenvalue weighted by molar-refractivity contribution is 7.93. The van der Waals surface area contributed by atoms with E-state index in [1.165, 1.54) is 0 Å². The number of rotatable bonds is 9. The number of aromatic nitrogens is 1. The zero-order chi connectivity index (χ0) is 24.4.